The molecule has 22 heavy (non-hydrogen) atoms. The number of ketones is 1. The van der Waals surface area contributed by atoms with E-state index in [9.17, 15) is 9.59 Å². The van der Waals surface area contributed by atoms with Crippen LogP contribution in [0.15, 0.2) is 30.3 Å². The third-order valence-electron chi connectivity index (χ3n) is 3.17. The number of hydrogen-bond donors (Lipinski definition) is 1. The Kier molecular flexibility index (Phi) is 6.84. The van der Waals surface area contributed by atoms with Gasteiger partial charge in [-0.3, -0.25) is 9.59 Å². The van der Waals surface area contributed by atoms with Crippen molar-refractivity contribution in [2.24, 2.45) is 5.92 Å². The predicted molar refractivity (Wildman–Crippen MR) is 84.0 cm³/mol. The predicted octanol–water partition coefficient (Wildman–Crippen LogP) is 2.33. The second-order valence-electron chi connectivity index (χ2n) is 4.79. The minimum absolute atomic E-state index is 0.0583. The lowest BCUT2D eigenvalue weighted by Gasteiger charge is -2.14. The van der Waals surface area contributed by atoms with Gasteiger partial charge in [0.2, 0.25) is 5.91 Å². The van der Waals surface area contributed by atoms with Gasteiger partial charge in [-0.2, -0.15) is 5.26 Å². The van der Waals surface area contributed by atoms with Crippen molar-refractivity contribution in [2.45, 2.75) is 26.4 Å². The zero-order valence-corrected chi connectivity index (χ0v) is 13.0. The number of carbonyl (C=O) groups excluding carboxylic acids is 2. The van der Waals surface area contributed by atoms with Gasteiger partial charge in [-0.25, -0.2) is 0 Å². The van der Waals surface area contributed by atoms with Crippen molar-refractivity contribution < 1.29 is 14.3 Å². The van der Waals surface area contributed by atoms with Gasteiger partial charge in [0.25, 0.3) is 0 Å². The Morgan fingerprint density at radius 3 is 2.68 bits per heavy atom. The van der Waals surface area contributed by atoms with Crippen LogP contribution in [0.25, 0.3) is 6.08 Å². The number of nitrogens with one attached hydrogen (secondary N) is 1. The Hall–Kier alpha value is -2.61. The zero-order valence-electron chi connectivity index (χ0n) is 13.0. The smallest absolute Gasteiger partial charge is 0.245 e. The van der Waals surface area contributed by atoms with E-state index in [1.807, 2.05) is 38.1 Å². The highest BCUT2D eigenvalue weighted by Crippen LogP contribution is 2.21. The normalized spacial score (nSPS) is 13.2. The van der Waals surface area contributed by atoms with Gasteiger partial charge in [0.05, 0.1) is 12.2 Å². The number of amides is 1. The maximum Gasteiger partial charge on any atom is 0.245 e. The lowest BCUT2D eigenvalue weighted by Crippen LogP contribution is -2.31. The maximum atomic E-state index is 11.9. The number of allylic oxidation sites excluding steroid dienone is 1. The molecule has 0 saturated carbocycles. The van der Waals surface area contributed by atoms with Crippen molar-refractivity contribution >= 4 is 17.8 Å². The molecule has 0 bridgehead atoms. The van der Waals surface area contributed by atoms with Gasteiger partial charge in [-0.1, -0.05) is 25.1 Å². The van der Waals surface area contributed by atoms with Crippen molar-refractivity contribution in [1.29, 1.82) is 5.26 Å². The summed E-state index contributed by atoms with van der Waals surface area (Å²) in [6, 6.07) is 9.00. The highest BCUT2D eigenvalue weighted by molar-refractivity contribution is 6.10. The summed E-state index contributed by atoms with van der Waals surface area (Å²) >= 11 is 0. The fraction of sp³-hybridized carbons (Fsp3) is 0.353. The van der Waals surface area contributed by atoms with E-state index in [0.29, 0.717) is 5.75 Å². The molecule has 1 rings (SSSR count). The average Bonchev–Trinajstić information content (AvgIpc) is 2.54. The van der Waals surface area contributed by atoms with Gasteiger partial charge in [0.1, 0.15) is 5.75 Å². The van der Waals surface area contributed by atoms with Gasteiger partial charge in [-0.15, -0.1) is 0 Å². The van der Waals surface area contributed by atoms with E-state index in [2.05, 4.69) is 5.32 Å². The first-order valence-corrected chi connectivity index (χ1v) is 7.12. The third-order valence-corrected chi connectivity index (χ3v) is 3.17. The minimum Gasteiger partial charge on any atom is -0.490 e. The summed E-state index contributed by atoms with van der Waals surface area (Å²) < 4.78 is 5.78. The summed E-state index contributed by atoms with van der Waals surface area (Å²) in [4.78, 5) is 23.4. The fourth-order valence-electron chi connectivity index (χ4n) is 1.69. The highest BCUT2D eigenvalue weighted by Gasteiger charge is 2.23. The number of nitriles is 1. The third kappa shape index (κ3) is 4.74. The minimum atomic E-state index is -1.33. The number of rotatable bonds is 7. The van der Waals surface area contributed by atoms with E-state index in [-0.39, 0.29) is 6.10 Å². The van der Waals surface area contributed by atoms with Crippen molar-refractivity contribution in [2.75, 3.05) is 7.05 Å². The van der Waals surface area contributed by atoms with Crippen LogP contribution < -0.4 is 10.1 Å². The number of carbonyl (C=O) groups is 2. The number of benzene rings is 1. The summed E-state index contributed by atoms with van der Waals surface area (Å²) in [6.45, 7) is 3.98. The molecule has 0 unspecified atom stereocenters. The molecule has 1 amide bonds. The van der Waals surface area contributed by atoms with Gasteiger partial charge in [0.15, 0.2) is 11.7 Å². The molecule has 0 spiro atoms. The first kappa shape index (κ1) is 17.4. The monoisotopic (exact) mass is 300 g/mol. The standard InChI is InChI=1S/C17H20N2O3/c1-4-12(2)22-16-8-6-5-7-13(16)9-10-15(20)14(11-18)17(21)19-3/h5-10,12,14H,4H2,1-3H3,(H,19,21)/b10-9+/t12-,14-/m1/s1. The van der Waals surface area contributed by atoms with Crippen LogP contribution in [-0.2, 0) is 9.59 Å². The average molecular weight is 300 g/mol. The van der Waals surface area contributed by atoms with Crippen molar-refractivity contribution in [3.63, 3.8) is 0 Å². The number of ether oxygens (including phenoxy) is 1. The summed E-state index contributed by atoms with van der Waals surface area (Å²) in [6.07, 6.45) is 3.72. The molecule has 0 saturated heterocycles. The zero-order chi connectivity index (χ0) is 16.5. The molecule has 0 aliphatic heterocycles. The van der Waals surface area contributed by atoms with Crippen LogP contribution in [0, 0.1) is 17.2 Å². The molecule has 0 aromatic heterocycles. The fourth-order valence-corrected chi connectivity index (χ4v) is 1.69. The van der Waals surface area contributed by atoms with Crippen molar-refractivity contribution in [3.05, 3.63) is 35.9 Å². The van der Waals surface area contributed by atoms with Gasteiger partial charge >= 0.3 is 0 Å². The molecular weight excluding hydrogens is 280 g/mol. The van der Waals surface area contributed by atoms with E-state index in [0.717, 1.165) is 12.0 Å². The Bertz CT molecular complexity index is 602. The first-order valence-electron chi connectivity index (χ1n) is 7.12. The molecule has 0 radical (unpaired) electrons. The van der Waals surface area contributed by atoms with Crippen LogP contribution in [-0.4, -0.2) is 24.8 Å². The molecule has 116 valence electrons. The van der Waals surface area contributed by atoms with Gasteiger partial charge in [-0.05, 0) is 31.6 Å². The first-order chi connectivity index (χ1) is 10.5. The molecule has 0 heterocycles. The Balaban J connectivity index is 2.92. The summed E-state index contributed by atoms with van der Waals surface area (Å²) in [5.41, 5.74) is 0.727. The van der Waals surface area contributed by atoms with Crippen LogP contribution >= 0.6 is 0 Å². The molecule has 5 nitrogen and oxygen atoms in total. The summed E-state index contributed by atoms with van der Waals surface area (Å²) in [7, 11) is 1.39. The number of nitrogens with zero attached hydrogens (tertiary/aromatic N) is 1. The molecule has 1 aromatic carbocycles. The van der Waals surface area contributed by atoms with Crippen LogP contribution in [0.5, 0.6) is 5.75 Å². The quantitative estimate of drug-likeness (QED) is 0.619. The highest BCUT2D eigenvalue weighted by atomic mass is 16.5. The van der Waals surface area contributed by atoms with Crippen LogP contribution in [0.3, 0.4) is 0 Å². The molecule has 1 aromatic rings. The summed E-state index contributed by atoms with van der Waals surface area (Å²) in [5.74, 6) is -1.83. The Morgan fingerprint density at radius 2 is 2.09 bits per heavy atom. The van der Waals surface area contributed by atoms with E-state index >= 15 is 0 Å². The SMILES string of the molecule is CC[C@@H](C)Oc1ccccc1/C=C/C(=O)[C@@H](C#N)C(=O)NC. The molecule has 0 aliphatic rings. The van der Waals surface area contributed by atoms with Crippen LogP contribution in [0.4, 0.5) is 0 Å². The molecule has 0 fully saturated rings. The van der Waals surface area contributed by atoms with Crippen LogP contribution in [0.1, 0.15) is 25.8 Å². The molecule has 2 atom stereocenters. The van der Waals surface area contributed by atoms with E-state index < -0.39 is 17.6 Å². The van der Waals surface area contributed by atoms with Crippen molar-refractivity contribution in [3.8, 4) is 11.8 Å². The maximum absolute atomic E-state index is 11.9. The molecule has 1 N–H and O–H groups in total. The molecule has 0 aliphatic carbocycles. The Labute approximate surface area is 130 Å². The summed E-state index contributed by atoms with van der Waals surface area (Å²) in [5, 5.41) is 11.2. The van der Waals surface area contributed by atoms with Gasteiger partial charge < -0.3 is 10.1 Å². The Morgan fingerprint density at radius 1 is 1.41 bits per heavy atom. The molecular formula is C17H20N2O3. The van der Waals surface area contributed by atoms with E-state index in [1.165, 1.54) is 13.1 Å². The topological polar surface area (TPSA) is 79.2 Å². The van der Waals surface area contributed by atoms with Crippen molar-refractivity contribution in [1.82, 2.24) is 5.32 Å². The largest absolute Gasteiger partial charge is 0.490 e. The number of para-hydroxylation sites is 1. The van der Waals surface area contributed by atoms with E-state index in [1.54, 1.807) is 12.1 Å². The second kappa shape index (κ2) is 8.63. The number of hydrogen-bond acceptors (Lipinski definition) is 4. The van der Waals surface area contributed by atoms with E-state index in [4.69, 9.17) is 10.00 Å². The lowest BCUT2D eigenvalue weighted by atomic mass is 10.0. The lowest BCUT2D eigenvalue weighted by molar-refractivity contribution is -0.129. The second-order valence-corrected chi connectivity index (χ2v) is 4.79. The van der Waals surface area contributed by atoms with Gasteiger partial charge in [0, 0.05) is 12.6 Å². The van der Waals surface area contributed by atoms with Crippen LogP contribution in [0.2, 0.25) is 0 Å². The molecule has 5 heteroatoms.